The summed E-state index contributed by atoms with van der Waals surface area (Å²) in [7, 11) is 0. The Bertz CT molecular complexity index is 821. The van der Waals surface area contributed by atoms with Crippen LogP contribution in [0.15, 0.2) is 54.7 Å². The zero-order valence-corrected chi connectivity index (χ0v) is 13.8. The van der Waals surface area contributed by atoms with Crippen LogP contribution in [-0.2, 0) is 24.2 Å². The third-order valence-corrected chi connectivity index (χ3v) is 4.38. The average Bonchev–Trinajstić information content (AvgIpc) is 3.02. The molecule has 1 aromatic heterocycles. The minimum atomic E-state index is -0.828. The highest BCUT2D eigenvalue weighted by atomic mass is 16.4. The van der Waals surface area contributed by atoms with Gasteiger partial charge in [-0.25, -0.2) is 0 Å². The van der Waals surface area contributed by atoms with E-state index in [1.165, 1.54) is 5.56 Å². The first-order valence-corrected chi connectivity index (χ1v) is 8.26. The predicted molar refractivity (Wildman–Crippen MR) is 96.1 cm³/mol. The van der Waals surface area contributed by atoms with Crippen molar-refractivity contribution < 1.29 is 9.90 Å². The Morgan fingerprint density at radius 1 is 1.12 bits per heavy atom. The smallest absolute Gasteiger partial charge is 0.321 e. The molecule has 0 spiro atoms. The lowest BCUT2D eigenvalue weighted by Crippen LogP contribution is -2.38. The topological polar surface area (TPSA) is 65.1 Å². The van der Waals surface area contributed by atoms with E-state index in [4.69, 9.17) is 0 Å². The maximum absolute atomic E-state index is 11.6. The molecule has 0 fully saturated rings. The van der Waals surface area contributed by atoms with Gasteiger partial charge in [0.1, 0.15) is 6.04 Å². The molecule has 1 atom stereocenters. The normalized spacial score (nSPS) is 12.4. The van der Waals surface area contributed by atoms with E-state index in [9.17, 15) is 9.90 Å². The average molecular weight is 322 g/mol. The van der Waals surface area contributed by atoms with Gasteiger partial charge in [0, 0.05) is 30.1 Å². The third kappa shape index (κ3) is 3.66. The number of rotatable bonds is 7. The Labute approximate surface area is 141 Å². The van der Waals surface area contributed by atoms with Crippen molar-refractivity contribution in [3.05, 3.63) is 71.4 Å². The van der Waals surface area contributed by atoms with E-state index >= 15 is 0 Å². The van der Waals surface area contributed by atoms with Crippen molar-refractivity contribution in [2.24, 2.45) is 0 Å². The van der Waals surface area contributed by atoms with Crippen LogP contribution in [-0.4, -0.2) is 22.1 Å². The second kappa shape index (κ2) is 7.32. The van der Waals surface area contributed by atoms with Crippen molar-refractivity contribution in [2.45, 2.75) is 32.4 Å². The number of carbonyl (C=O) groups is 1. The van der Waals surface area contributed by atoms with Crippen LogP contribution in [0.5, 0.6) is 0 Å². The quantitative estimate of drug-likeness (QED) is 0.623. The van der Waals surface area contributed by atoms with Crippen LogP contribution in [0.4, 0.5) is 0 Å². The highest BCUT2D eigenvalue weighted by Crippen LogP contribution is 2.19. The van der Waals surface area contributed by atoms with E-state index in [-0.39, 0.29) is 0 Å². The fourth-order valence-corrected chi connectivity index (χ4v) is 2.90. The molecule has 0 aliphatic carbocycles. The number of aryl methyl sites for hydroxylation is 1. The number of aromatic nitrogens is 1. The molecule has 0 aliphatic rings. The molecule has 4 nitrogen and oxygen atoms in total. The van der Waals surface area contributed by atoms with E-state index in [0.29, 0.717) is 13.0 Å². The summed E-state index contributed by atoms with van der Waals surface area (Å²) in [6, 6.07) is 15.6. The maximum atomic E-state index is 11.6. The second-order valence-electron chi connectivity index (χ2n) is 6.01. The molecule has 0 saturated carbocycles. The van der Waals surface area contributed by atoms with Crippen LogP contribution in [0, 0.1) is 0 Å². The minimum Gasteiger partial charge on any atom is -0.480 e. The minimum absolute atomic E-state index is 0.451. The van der Waals surface area contributed by atoms with Crippen molar-refractivity contribution in [2.75, 3.05) is 0 Å². The van der Waals surface area contributed by atoms with E-state index in [0.717, 1.165) is 28.5 Å². The molecule has 0 bridgehead atoms. The largest absolute Gasteiger partial charge is 0.480 e. The van der Waals surface area contributed by atoms with Gasteiger partial charge in [-0.1, -0.05) is 49.4 Å². The fraction of sp³-hybridized carbons (Fsp3) is 0.250. The standard InChI is InChI=1S/C20H22N2O2/c1-2-14-7-9-15(10-8-14)12-21-19(20(23)24)11-16-13-22-18-6-4-3-5-17(16)18/h3-10,13,19,21-22H,2,11-12H2,1H3,(H,23,24)/t19-/m1/s1. The number of benzene rings is 2. The van der Waals surface area contributed by atoms with Crippen LogP contribution in [0.2, 0.25) is 0 Å². The predicted octanol–water partition coefficient (Wildman–Crippen LogP) is 3.52. The summed E-state index contributed by atoms with van der Waals surface area (Å²) >= 11 is 0. The molecule has 0 radical (unpaired) electrons. The number of fused-ring (bicyclic) bond motifs is 1. The molecule has 124 valence electrons. The number of nitrogens with one attached hydrogen (secondary N) is 2. The lowest BCUT2D eigenvalue weighted by atomic mass is 10.0. The first kappa shape index (κ1) is 16.3. The maximum Gasteiger partial charge on any atom is 0.321 e. The number of carboxylic acids is 1. The van der Waals surface area contributed by atoms with E-state index in [2.05, 4.69) is 41.5 Å². The van der Waals surface area contributed by atoms with Crippen LogP contribution in [0.25, 0.3) is 10.9 Å². The molecular weight excluding hydrogens is 300 g/mol. The van der Waals surface area contributed by atoms with Gasteiger partial charge < -0.3 is 15.4 Å². The Morgan fingerprint density at radius 3 is 2.54 bits per heavy atom. The third-order valence-electron chi connectivity index (χ3n) is 4.38. The number of hydrogen-bond donors (Lipinski definition) is 3. The number of H-pyrrole nitrogens is 1. The molecule has 0 saturated heterocycles. The van der Waals surface area contributed by atoms with Gasteiger partial charge in [-0.3, -0.25) is 4.79 Å². The number of para-hydroxylation sites is 1. The summed E-state index contributed by atoms with van der Waals surface area (Å²) in [6.45, 7) is 2.66. The summed E-state index contributed by atoms with van der Waals surface area (Å²) in [4.78, 5) is 14.8. The molecule has 4 heteroatoms. The Balaban J connectivity index is 1.69. The first-order valence-electron chi connectivity index (χ1n) is 8.26. The van der Waals surface area contributed by atoms with Gasteiger partial charge in [0.15, 0.2) is 0 Å². The van der Waals surface area contributed by atoms with Crippen molar-refractivity contribution in [3.63, 3.8) is 0 Å². The molecule has 0 amide bonds. The summed E-state index contributed by atoms with van der Waals surface area (Å²) in [5.74, 6) is -0.828. The highest BCUT2D eigenvalue weighted by Gasteiger charge is 2.19. The molecule has 2 aromatic carbocycles. The monoisotopic (exact) mass is 322 g/mol. The lowest BCUT2D eigenvalue weighted by Gasteiger charge is -2.14. The Morgan fingerprint density at radius 2 is 1.83 bits per heavy atom. The van der Waals surface area contributed by atoms with Gasteiger partial charge >= 0.3 is 5.97 Å². The van der Waals surface area contributed by atoms with E-state index < -0.39 is 12.0 Å². The highest BCUT2D eigenvalue weighted by molar-refractivity contribution is 5.84. The van der Waals surface area contributed by atoms with E-state index in [1.54, 1.807) is 0 Å². The molecule has 3 aromatic rings. The molecular formula is C20H22N2O2. The van der Waals surface area contributed by atoms with Gasteiger partial charge in [-0.15, -0.1) is 0 Å². The SMILES string of the molecule is CCc1ccc(CN[C@H](Cc2c[nH]c3ccccc23)C(=O)O)cc1. The zero-order chi connectivity index (χ0) is 16.9. The van der Waals surface area contributed by atoms with Crippen LogP contribution in [0.3, 0.4) is 0 Å². The van der Waals surface area contributed by atoms with Gasteiger partial charge in [0.05, 0.1) is 0 Å². The van der Waals surface area contributed by atoms with Crippen molar-refractivity contribution in [1.29, 1.82) is 0 Å². The fourth-order valence-electron chi connectivity index (χ4n) is 2.90. The van der Waals surface area contributed by atoms with Crippen molar-refractivity contribution in [1.82, 2.24) is 10.3 Å². The summed E-state index contributed by atoms with van der Waals surface area (Å²) in [6.07, 6.45) is 3.36. The summed E-state index contributed by atoms with van der Waals surface area (Å²) < 4.78 is 0. The summed E-state index contributed by atoms with van der Waals surface area (Å²) in [5.41, 5.74) is 4.43. The van der Waals surface area contributed by atoms with Crippen LogP contribution < -0.4 is 5.32 Å². The first-order chi connectivity index (χ1) is 11.7. The van der Waals surface area contributed by atoms with Crippen molar-refractivity contribution in [3.8, 4) is 0 Å². The zero-order valence-electron chi connectivity index (χ0n) is 13.8. The van der Waals surface area contributed by atoms with E-state index in [1.807, 2.05) is 30.5 Å². The molecule has 3 rings (SSSR count). The van der Waals surface area contributed by atoms with Gasteiger partial charge in [-0.2, -0.15) is 0 Å². The Kier molecular flexibility index (Phi) is 4.96. The van der Waals surface area contributed by atoms with Gasteiger partial charge in [-0.05, 0) is 29.2 Å². The Hall–Kier alpha value is -2.59. The van der Waals surface area contributed by atoms with Gasteiger partial charge in [0.25, 0.3) is 0 Å². The number of carboxylic acid groups (broad SMARTS) is 1. The van der Waals surface area contributed by atoms with Crippen LogP contribution >= 0.6 is 0 Å². The molecule has 0 aliphatic heterocycles. The van der Waals surface area contributed by atoms with Gasteiger partial charge in [0.2, 0.25) is 0 Å². The molecule has 24 heavy (non-hydrogen) atoms. The summed E-state index contributed by atoms with van der Waals surface area (Å²) in [5, 5.41) is 13.8. The number of hydrogen-bond acceptors (Lipinski definition) is 2. The lowest BCUT2D eigenvalue weighted by molar-refractivity contribution is -0.139. The molecule has 0 unspecified atom stereocenters. The number of aromatic amines is 1. The van der Waals surface area contributed by atoms with Crippen molar-refractivity contribution >= 4 is 16.9 Å². The van der Waals surface area contributed by atoms with Crippen LogP contribution in [0.1, 0.15) is 23.6 Å². The molecule has 3 N–H and O–H groups in total. The molecule has 1 heterocycles. The second-order valence-corrected chi connectivity index (χ2v) is 6.01. The number of aliphatic carboxylic acids is 1.